The molecule has 0 aliphatic rings. The SMILES string of the molecule is CCOC(=O)N(Cc1ccc(-c2ccccc2-c2nn[nH]n2)cc1)[C@H](C(=O)O)C(C)C. The van der Waals surface area contributed by atoms with Gasteiger partial charge in [0.15, 0.2) is 0 Å². The van der Waals surface area contributed by atoms with Gasteiger partial charge in [-0.1, -0.05) is 62.4 Å². The van der Waals surface area contributed by atoms with Crippen molar-refractivity contribution in [2.75, 3.05) is 6.61 Å². The van der Waals surface area contributed by atoms with Crippen LogP contribution in [0.4, 0.5) is 4.79 Å². The van der Waals surface area contributed by atoms with Crippen LogP contribution in [-0.2, 0) is 16.1 Å². The van der Waals surface area contributed by atoms with Crippen LogP contribution in [0.5, 0.6) is 0 Å². The molecule has 0 bridgehead atoms. The van der Waals surface area contributed by atoms with Gasteiger partial charge >= 0.3 is 12.1 Å². The summed E-state index contributed by atoms with van der Waals surface area (Å²) in [6.07, 6.45) is -0.643. The second-order valence-electron chi connectivity index (χ2n) is 7.33. The number of amides is 1. The normalized spacial score (nSPS) is 11.9. The minimum absolute atomic E-state index is 0.126. The molecule has 3 rings (SSSR count). The molecule has 1 amide bonds. The fraction of sp³-hybridized carbons (Fsp3) is 0.318. The number of carboxylic acid groups (broad SMARTS) is 1. The smallest absolute Gasteiger partial charge is 0.410 e. The van der Waals surface area contributed by atoms with E-state index >= 15 is 0 Å². The molecule has 162 valence electrons. The van der Waals surface area contributed by atoms with Crippen LogP contribution < -0.4 is 0 Å². The number of benzene rings is 2. The third-order valence-corrected chi connectivity index (χ3v) is 4.85. The average Bonchev–Trinajstić information content (AvgIpc) is 3.28. The Morgan fingerprint density at radius 3 is 2.32 bits per heavy atom. The Kier molecular flexibility index (Phi) is 6.96. The van der Waals surface area contributed by atoms with Crippen molar-refractivity contribution in [3.05, 3.63) is 54.1 Å². The zero-order valence-electron chi connectivity index (χ0n) is 17.6. The molecule has 9 nitrogen and oxygen atoms in total. The zero-order valence-corrected chi connectivity index (χ0v) is 17.6. The van der Waals surface area contributed by atoms with Crippen LogP contribution in [0.3, 0.4) is 0 Å². The molecule has 2 N–H and O–H groups in total. The Labute approximate surface area is 180 Å². The minimum atomic E-state index is -1.06. The lowest BCUT2D eigenvalue weighted by Gasteiger charge is -2.30. The van der Waals surface area contributed by atoms with Gasteiger partial charge < -0.3 is 9.84 Å². The van der Waals surface area contributed by atoms with E-state index in [1.165, 1.54) is 4.90 Å². The van der Waals surface area contributed by atoms with Crippen molar-refractivity contribution < 1.29 is 19.4 Å². The predicted octanol–water partition coefficient (Wildman–Crippen LogP) is 3.60. The third-order valence-electron chi connectivity index (χ3n) is 4.85. The van der Waals surface area contributed by atoms with Crippen molar-refractivity contribution in [1.29, 1.82) is 0 Å². The largest absolute Gasteiger partial charge is 0.480 e. The Hall–Kier alpha value is -3.75. The molecule has 0 saturated carbocycles. The molecule has 0 fully saturated rings. The maximum Gasteiger partial charge on any atom is 0.410 e. The number of hydrogen-bond donors (Lipinski definition) is 2. The van der Waals surface area contributed by atoms with E-state index in [2.05, 4.69) is 20.6 Å². The fourth-order valence-corrected chi connectivity index (χ4v) is 3.45. The van der Waals surface area contributed by atoms with Crippen molar-refractivity contribution in [2.24, 2.45) is 5.92 Å². The van der Waals surface area contributed by atoms with E-state index in [0.717, 1.165) is 22.3 Å². The summed E-state index contributed by atoms with van der Waals surface area (Å²) in [5.41, 5.74) is 3.50. The number of aromatic nitrogens is 4. The quantitative estimate of drug-likeness (QED) is 0.568. The van der Waals surface area contributed by atoms with Crippen LogP contribution >= 0.6 is 0 Å². The monoisotopic (exact) mass is 423 g/mol. The van der Waals surface area contributed by atoms with Crippen molar-refractivity contribution in [1.82, 2.24) is 25.5 Å². The van der Waals surface area contributed by atoms with Gasteiger partial charge in [0, 0.05) is 12.1 Å². The maximum atomic E-state index is 12.5. The number of aromatic amines is 1. The first kappa shape index (κ1) is 21.9. The maximum absolute atomic E-state index is 12.5. The lowest BCUT2D eigenvalue weighted by molar-refractivity contribution is -0.144. The van der Waals surface area contributed by atoms with Crippen molar-refractivity contribution in [3.63, 3.8) is 0 Å². The van der Waals surface area contributed by atoms with Gasteiger partial charge in [-0.25, -0.2) is 9.59 Å². The van der Waals surface area contributed by atoms with E-state index in [4.69, 9.17) is 4.74 Å². The summed E-state index contributed by atoms with van der Waals surface area (Å²) in [5, 5.41) is 23.9. The number of nitrogens with one attached hydrogen (secondary N) is 1. The van der Waals surface area contributed by atoms with Crippen LogP contribution in [0.2, 0.25) is 0 Å². The van der Waals surface area contributed by atoms with E-state index in [-0.39, 0.29) is 19.1 Å². The van der Waals surface area contributed by atoms with Gasteiger partial charge in [0.05, 0.1) is 6.61 Å². The number of rotatable bonds is 8. The number of tetrazole rings is 1. The van der Waals surface area contributed by atoms with Crippen LogP contribution in [0, 0.1) is 5.92 Å². The molecular formula is C22H25N5O4. The van der Waals surface area contributed by atoms with Crippen LogP contribution in [0.25, 0.3) is 22.5 Å². The first-order valence-electron chi connectivity index (χ1n) is 10.0. The van der Waals surface area contributed by atoms with Gasteiger partial charge in [0.2, 0.25) is 5.82 Å². The number of aliphatic carboxylic acids is 1. The number of hydrogen-bond acceptors (Lipinski definition) is 6. The highest BCUT2D eigenvalue weighted by atomic mass is 16.6. The van der Waals surface area contributed by atoms with E-state index < -0.39 is 18.1 Å². The second-order valence-corrected chi connectivity index (χ2v) is 7.33. The summed E-state index contributed by atoms with van der Waals surface area (Å²) in [6.45, 7) is 5.52. The number of carbonyl (C=O) groups excluding carboxylic acids is 1. The number of ether oxygens (including phenoxy) is 1. The third kappa shape index (κ3) is 5.06. The molecule has 0 saturated heterocycles. The van der Waals surface area contributed by atoms with E-state index in [1.54, 1.807) is 20.8 Å². The van der Waals surface area contributed by atoms with E-state index in [0.29, 0.717) is 5.82 Å². The molecule has 2 aromatic carbocycles. The first-order chi connectivity index (χ1) is 14.9. The van der Waals surface area contributed by atoms with Gasteiger partial charge in [0.25, 0.3) is 0 Å². The Morgan fingerprint density at radius 1 is 1.10 bits per heavy atom. The summed E-state index contributed by atoms with van der Waals surface area (Å²) in [5.74, 6) is -0.842. The lowest BCUT2D eigenvalue weighted by atomic mass is 9.97. The van der Waals surface area contributed by atoms with Crippen LogP contribution in [-0.4, -0.2) is 55.3 Å². The average molecular weight is 423 g/mol. The second kappa shape index (κ2) is 9.84. The minimum Gasteiger partial charge on any atom is -0.480 e. The number of nitrogens with zero attached hydrogens (tertiary/aromatic N) is 4. The first-order valence-corrected chi connectivity index (χ1v) is 10.0. The molecular weight excluding hydrogens is 398 g/mol. The van der Waals surface area contributed by atoms with E-state index in [9.17, 15) is 14.7 Å². The summed E-state index contributed by atoms with van der Waals surface area (Å²) in [7, 11) is 0. The molecule has 1 aromatic heterocycles. The Balaban J connectivity index is 1.88. The van der Waals surface area contributed by atoms with Crippen LogP contribution in [0.1, 0.15) is 26.3 Å². The predicted molar refractivity (Wildman–Crippen MR) is 114 cm³/mol. The van der Waals surface area contributed by atoms with Gasteiger partial charge in [-0.2, -0.15) is 5.21 Å². The highest BCUT2D eigenvalue weighted by molar-refractivity contribution is 5.81. The summed E-state index contributed by atoms with van der Waals surface area (Å²) >= 11 is 0. The zero-order chi connectivity index (χ0) is 22.4. The summed E-state index contributed by atoms with van der Waals surface area (Å²) in [4.78, 5) is 25.5. The van der Waals surface area contributed by atoms with Crippen molar-refractivity contribution in [2.45, 2.75) is 33.4 Å². The highest BCUT2D eigenvalue weighted by Crippen LogP contribution is 2.30. The fourth-order valence-electron chi connectivity index (χ4n) is 3.45. The molecule has 31 heavy (non-hydrogen) atoms. The molecule has 0 aliphatic heterocycles. The number of H-pyrrole nitrogens is 1. The van der Waals surface area contributed by atoms with Crippen LogP contribution in [0.15, 0.2) is 48.5 Å². The summed E-state index contributed by atoms with van der Waals surface area (Å²) in [6, 6.07) is 14.3. The van der Waals surface area contributed by atoms with E-state index in [1.807, 2.05) is 48.5 Å². The van der Waals surface area contributed by atoms with Gasteiger partial charge in [-0.3, -0.25) is 4.90 Å². The molecule has 0 unspecified atom stereocenters. The Bertz CT molecular complexity index is 1020. The lowest BCUT2D eigenvalue weighted by Crippen LogP contribution is -2.47. The molecule has 1 heterocycles. The van der Waals surface area contributed by atoms with Gasteiger partial charge in [0.1, 0.15) is 6.04 Å². The molecule has 3 aromatic rings. The number of carboxylic acids is 1. The molecule has 0 spiro atoms. The standard InChI is InChI=1S/C22H25N5O4/c1-4-31-22(30)27(19(14(2)3)21(28)29)13-15-9-11-16(12-10-15)17-7-5-6-8-18(17)20-23-25-26-24-20/h5-12,14,19H,4,13H2,1-3H3,(H,28,29)(H,23,24,25,26)/t19-/m0/s1. The van der Waals surface area contributed by atoms with Crippen molar-refractivity contribution >= 4 is 12.1 Å². The number of carbonyl (C=O) groups is 2. The molecule has 9 heteroatoms. The summed E-state index contributed by atoms with van der Waals surface area (Å²) < 4.78 is 5.11. The Morgan fingerprint density at radius 2 is 1.77 bits per heavy atom. The molecule has 0 aliphatic carbocycles. The van der Waals surface area contributed by atoms with Crippen molar-refractivity contribution in [3.8, 4) is 22.5 Å². The van der Waals surface area contributed by atoms with Gasteiger partial charge in [-0.15, -0.1) is 10.2 Å². The molecule has 1 atom stereocenters. The molecule has 0 radical (unpaired) electrons. The van der Waals surface area contributed by atoms with Gasteiger partial charge in [-0.05, 0) is 34.7 Å². The highest BCUT2D eigenvalue weighted by Gasteiger charge is 2.33. The topological polar surface area (TPSA) is 121 Å².